The van der Waals surface area contributed by atoms with Gasteiger partial charge in [-0.15, -0.1) is 9.60 Å². The van der Waals surface area contributed by atoms with Crippen molar-refractivity contribution in [1.82, 2.24) is 10.0 Å². The third-order valence-corrected chi connectivity index (χ3v) is 1.24. The van der Waals surface area contributed by atoms with Crippen molar-refractivity contribution in [2.45, 2.75) is 6.92 Å². The zero-order valence-corrected chi connectivity index (χ0v) is 7.26. The third-order valence-electron chi connectivity index (χ3n) is 1.24. The predicted molar refractivity (Wildman–Crippen MR) is 41.5 cm³/mol. The molecular formula is C7H17FN2. The smallest absolute Gasteiger partial charge is 0.0325 e. The Morgan fingerprint density at radius 1 is 1.20 bits per heavy atom. The Hall–Kier alpha value is -0.150. The van der Waals surface area contributed by atoms with Crippen LogP contribution in [0.3, 0.4) is 0 Å². The fourth-order valence-corrected chi connectivity index (χ4v) is 1.11. The minimum absolute atomic E-state index is 0.394. The van der Waals surface area contributed by atoms with E-state index in [-0.39, 0.29) is 0 Å². The SMILES string of the molecule is C[C@H](CN(C)C)CN(C)F. The molecule has 0 amide bonds. The van der Waals surface area contributed by atoms with Crippen LogP contribution in [0.5, 0.6) is 0 Å². The second-order valence-electron chi connectivity index (χ2n) is 3.15. The quantitative estimate of drug-likeness (QED) is 0.549. The van der Waals surface area contributed by atoms with Gasteiger partial charge < -0.3 is 4.90 Å². The topological polar surface area (TPSA) is 6.48 Å². The Balaban J connectivity index is 3.34. The first kappa shape index (κ1) is 9.85. The van der Waals surface area contributed by atoms with Crippen LogP contribution in [0.4, 0.5) is 4.48 Å². The zero-order chi connectivity index (χ0) is 8.15. The predicted octanol–water partition coefficient (Wildman–Crippen LogP) is 1.00. The van der Waals surface area contributed by atoms with Gasteiger partial charge in [-0.2, -0.15) is 0 Å². The van der Waals surface area contributed by atoms with Crippen LogP contribution in [0.25, 0.3) is 0 Å². The largest absolute Gasteiger partial charge is 0.309 e. The van der Waals surface area contributed by atoms with Gasteiger partial charge in [-0.3, -0.25) is 0 Å². The molecule has 1 atom stereocenters. The summed E-state index contributed by atoms with van der Waals surface area (Å²) in [5.41, 5.74) is 0. The summed E-state index contributed by atoms with van der Waals surface area (Å²) in [6.45, 7) is 3.49. The summed E-state index contributed by atoms with van der Waals surface area (Å²) >= 11 is 0. The molecule has 0 aromatic heterocycles. The Bertz CT molecular complexity index is 73.7. The molecule has 0 heterocycles. The summed E-state index contributed by atoms with van der Waals surface area (Å²) in [6.07, 6.45) is 0. The lowest BCUT2D eigenvalue weighted by Crippen LogP contribution is -2.26. The van der Waals surface area contributed by atoms with Crippen molar-refractivity contribution in [3.63, 3.8) is 0 Å². The lowest BCUT2D eigenvalue weighted by Gasteiger charge is -2.17. The molecule has 0 aromatic rings. The molecular weight excluding hydrogens is 131 g/mol. The summed E-state index contributed by atoms with van der Waals surface area (Å²) in [5.74, 6) is 0.394. The van der Waals surface area contributed by atoms with Gasteiger partial charge in [-0.05, 0) is 20.0 Å². The molecule has 0 bridgehead atoms. The highest BCUT2D eigenvalue weighted by Crippen LogP contribution is 1.98. The van der Waals surface area contributed by atoms with E-state index in [0.717, 1.165) is 11.7 Å². The summed E-state index contributed by atoms with van der Waals surface area (Å²) in [4.78, 5) is 2.06. The number of hydrogen-bond donors (Lipinski definition) is 0. The maximum atomic E-state index is 12.2. The Kier molecular flexibility index (Phi) is 4.56. The molecule has 0 rings (SSSR count). The highest BCUT2D eigenvalue weighted by Gasteiger charge is 2.05. The first-order chi connectivity index (χ1) is 4.52. The number of rotatable bonds is 4. The molecule has 0 saturated heterocycles. The summed E-state index contributed by atoms with van der Waals surface area (Å²) in [6, 6.07) is 0. The summed E-state index contributed by atoms with van der Waals surface area (Å²) in [5, 5.41) is 0.730. The average molecular weight is 148 g/mol. The zero-order valence-electron chi connectivity index (χ0n) is 7.26. The number of halogens is 1. The van der Waals surface area contributed by atoms with Crippen LogP contribution in [0.2, 0.25) is 0 Å². The number of hydrogen-bond acceptors (Lipinski definition) is 2. The maximum absolute atomic E-state index is 12.2. The Labute approximate surface area is 62.5 Å². The lowest BCUT2D eigenvalue weighted by atomic mass is 10.2. The van der Waals surface area contributed by atoms with Crippen LogP contribution >= 0.6 is 0 Å². The van der Waals surface area contributed by atoms with Crippen LogP contribution in [-0.4, -0.2) is 44.3 Å². The molecule has 3 heteroatoms. The van der Waals surface area contributed by atoms with E-state index in [9.17, 15) is 4.48 Å². The fraction of sp³-hybridized carbons (Fsp3) is 1.00. The molecule has 2 nitrogen and oxygen atoms in total. The van der Waals surface area contributed by atoms with Gasteiger partial charge in [0.2, 0.25) is 0 Å². The molecule has 0 radical (unpaired) electrons. The highest BCUT2D eigenvalue weighted by atomic mass is 19.2. The molecule has 0 spiro atoms. The highest BCUT2D eigenvalue weighted by molar-refractivity contribution is 4.56. The van der Waals surface area contributed by atoms with Gasteiger partial charge in [-0.1, -0.05) is 6.92 Å². The second kappa shape index (κ2) is 4.63. The summed E-state index contributed by atoms with van der Waals surface area (Å²) < 4.78 is 12.2. The molecule has 0 aliphatic heterocycles. The lowest BCUT2D eigenvalue weighted by molar-refractivity contribution is 0.0396. The van der Waals surface area contributed by atoms with E-state index in [2.05, 4.69) is 4.90 Å². The monoisotopic (exact) mass is 148 g/mol. The average Bonchev–Trinajstić information content (AvgIpc) is 1.58. The van der Waals surface area contributed by atoms with Crippen LogP contribution in [0, 0.1) is 5.92 Å². The molecule has 0 N–H and O–H groups in total. The molecule has 0 aliphatic carbocycles. The van der Waals surface area contributed by atoms with Crippen molar-refractivity contribution < 1.29 is 4.48 Å². The normalized spacial score (nSPS) is 14.7. The molecule has 0 aromatic carbocycles. The van der Waals surface area contributed by atoms with E-state index in [1.807, 2.05) is 21.0 Å². The number of nitrogens with zero attached hydrogens (tertiary/aromatic N) is 2. The van der Waals surface area contributed by atoms with Gasteiger partial charge in [0.1, 0.15) is 0 Å². The molecule has 0 unspecified atom stereocenters. The van der Waals surface area contributed by atoms with E-state index >= 15 is 0 Å². The Morgan fingerprint density at radius 2 is 1.70 bits per heavy atom. The summed E-state index contributed by atoms with van der Waals surface area (Å²) in [7, 11) is 5.44. The first-order valence-corrected chi connectivity index (χ1v) is 3.54. The molecule has 10 heavy (non-hydrogen) atoms. The van der Waals surface area contributed by atoms with Gasteiger partial charge in [-0.25, -0.2) is 0 Å². The second-order valence-corrected chi connectivity index (χ2v) is 3.15. The first-order valence-electron chi connectivity index (χ1n) is 3.54. The van der Waals surface area contributed by atoms with Crippen molar-refractivity contribution >= 4 is 0 Å². The van der Waals surface area contributed by atoms with Crippen LogP contribution in [-0.2, 0) is 0 Å². The van der Waals surface area contributed by atoms with Gasteiger partial charge >= 0.3 is 0 Å². The third kappa shape index (κ3) is 5.98. The van der Waals surface area contributed by atoms with E-state index in [4.69, 9.17) is 0 Å². The minimum Gasteiger partial charge on any atom is -0.309 e. The maximum Gasteiger partial charge on any atom is 0.0325 e. The fourth-order valence-electron chi connectivity index (χ4n) is 1.11. The van der Waals surface area contributed by atoms with Crippen molar-refractivity contribution in [2.24, 2.45) is 5.92 Å². The van der Waals surface area contributed by atoms with Gasteiger partial charge in [0.25, 0.3) is 0 Å². The van der Waals surface area contributed by atoms with Gasteiger partial charge in [0.05, 0.1) is 0 Å². The molecule has 0 saturated carbocycles. The standard InChI is InChI=1S/C7H17FN2/c1-7(5-9(2)3)6-10(4)8/h7H,5-6H2,1-4H3/t7-/m1/s1. The van der Waals surface area contributed by atoms with Crippen molar-refractivity contribution in [2.75, 3.05) is 34.2 Å². The molecule has 0 aliphatic rings. The van der Waals surface area contributed by atoms with Crippen LogP contribution in [0.1, 0.15) is 6.92 Å². The van der Waals surface area contributed by atoms with E-state index in [1.165, 1.54) is 7.05 Å². The van der Waals surface area contributed by atoms with Crippen LogP contribution < -0.4 is 0 Å². The van der Waals surface area contributed by atoms with Crippen molar-refractivity contribution in [3.8, 4) is 0 Å². The van der Waals surface area contributed by atoms with E-state index in [1.54, 1.807) is 0 Å². The molecule has 62 valence electrons. The van der Waals surface area contributed by atoms with E-state index < -0.39 is 0 Å². The minimum atomic E-state index is 0.394. The van der Waals surface area contributed by atoms with Gasteiger partial charge in [0, 0.05) is 20.1 Å². The Morgan fingerprint density at radius 3 is 2.00 bits per heavy atom. The van der Waals surface area contributed by atoms with Crippen molar-refractivity contribution in [3.05, 3.63) is 0 Å². The van der Waals surface area contributed by atoms with E-state index in [0.29, 0.717) is 12.5 Å². The molecule has 0 fully saturated rings. The van der Waals surface area contributed by atoms with Gasteiger partial charge in [0.15, 0.2) is 0 Å². The van der Waals surface area contributed by atoms with Crippen LogP contribution in [0.15, 0.2) is 0 Å². The van der Waals surface area contributed by atoms with Crippen molar-refractivity contribution in [1.29, 1.82) is 0 Å².